The quantitative estimate of drug-likeness (QED) is 0.470. The molecule has 1 aromatic carbocycles. The summed E-state index contributed by atoms with van der Waals surface area (Å²) in [6, 6.07) is 9.84. The Bertz CT molecular complexity index is 528. The van der Waals surface area contributed by atoms with Crippen molar-refractivity contribution in [3.63, 3.8) is 0 Å². The summed E-state index contributed by atoms with van der Waals surface area (Å²) in [5.41, 5.74) is 1.69. The largest absolute Gasteiger partial charge is 0.469 e. The molecule has 2 atom stereocenters. The predicted octanol–water partition coefficient (Wildman–Crippen LogP) is 2.80. The first-order valence-corrected chi connectivity index (χ1v) is 6.78. The van der Waals surface area contributed by atoms with Crippen molar-refractivity contribution in [2.24, 2.45) is 17.3 Å². The van der Waals surface area contributed by atoms with Crippen molar-refractivity contribution in [3.05, 3.63) is 47.5 Å². The van der Waals surface area contributed by atoms with Crippen LogP contribution >= 0.6 is 0 Å². The number of allylic oxidation sites excluding steroid dienone is 2. The van der Waals surface area contributed by atoms with E-state index in [2.05, 4.69) is 0 Å². The fourth-order valence-electron chi connectivity index (χ4n) is 2.77. The molecule has 0 amide bonds. The summed E-state index contributed by atoms with van der Waals surface area (Å²) in [4.78, 5) is 22.9. The summed E-state index contributed by atoms with van der Waals surface area (Å²) >= 11 is 0. The van der Waals surface area contributed by atoms with Gasteiger partial charge in [-0.3, -0.25) is 9.59 Å². The second-order valence-corrected chi connectivity index (χ2v) is 5.87. The van der Waals surface area contributed by atoms with E-state index >= 15 is 0 Å². The second-order valence-electron chi connectivity index (χ2n) is 5.87. The Labute approximate surface area is 119 Å². The number of esters is 1. The first-order chi connectivity index (χ1) is 9.50. The van der Waals surface area contributed by atoms with Crippen LogP contribution in [0.5, 0.6) is 0 Å². The highest BCUT2D eigenvalue weighted by atomic mass is 16.5. The molecule has 1 saturated carbocycles. The van der Waals surface area contributed by atoms with Gasteiger partial charge in [-0.25, -0.2) is 0 Å². The molecule has 106 valence electrons. The highest BCUT2D eigenvalue weighted by Gasteiger charge is 2.61. The molecule has 0 radical (unpaired) electrons. The van der Waals surface area contributed by atoms with Crippen molar-refractivity contribution in [3.8, 4) is 0 Å². The van der Waals surface area contributed by atoms with Gasteiger partial charge in [0, 0.05) is 6.42 Å². The third kappa shape index (κ3) is 2.82. The molecule has 1 aromatic rings. The van der Waals surface area contributed by atoms with Crippen LogP contribution in [0.15, 0.2) is 42.0 Å². The number of hydrogen-bond donors (Lipinski definition) is 0. The van der Waals surface area contributed by atoms with Crippen molar-refractivity contribution < 1.29 is 14.3 Å². The Morgan fingerprint density at radius 2 is 1.95 bits per heavy atom. The van der Waals surface area contributed by atoms with Crippen LogP contribution in [0.2, 0.25) is 0 Å². The van der Waals surface area contributed by atoms with Gasteiger partial charge < -0.3 is 4.74 Å². The number of carbonyl (C=O) groups excluding carboxylic acids is 2. The van der Waals surface area contributed by atoms with Crippen molar-refractivity contribution in [1.82, 2.24) is 0 Å². The molecule has 1 fully saturated rings. The number of rotatable bonds is 5. The lowest BCUT2D eigenvalue weighted by molar-refractivity contribution is -0.143. The number of carbonyl (C=O) groups is 2. The third-order valence-corrected chi connectivity index (χ3v) is 4.16. The monoisotopic (exact) mass is 272 g/mol. The van der Waals surface area contributed by atoms with Gasteiger partial charge in [0.25, 0.3) is 0 Å². The number of ether oxygens (including phenoxy) is 1. The van der Waals surface area contributed by atoms with E-state index < -0.39 is 0 Å². The first-order valence-electron chi connectivity index (χ1n) is 6.78. The van der Waals surface area contributed by atoms with Crippen LogP contribution in [0.4, 0.5) is 0 Å². The van der Waals surface area contributed by atoms with E-state index in [-0.39, 0.29) is 23.2 Å². The minimum atomic E-state index is -0.193. The summed E-state index contributed by atoms with van der Waals surface area (Å²) in [5.74, 6) is -0.252. The van der Waals surface area contributed by atoms with Gasteiger partial charge in [-0.05, 0) is 22.5 Å². The summed E-state index contributed by atoms with van der Waals surface area (Å²) in [6.07, 6.45) is 3.42. The van der Waals surface area contributed by atoms with E-state index in [1.165, 1.54) is 7.11 Å². The summed E-state index contributed by atoms with van der Waals surface area (Å²) in [6.45, 7) is 4.06. The first kappa shape index (κ1) is 14.5. The molecule has 2 rings (SSSR count). The molecule has 0 unspecified atom stereocenters. The number of benzene rings is 1. The maximum Gasteiger partial charge on any atom is 0.309 e. The van der Waals surface area contributed by atoms with Crippen LogP contribution in [-0.2, 0) is 20.7 Å². The predicted molar refractivity (Wildman–Crippen MR) is 77.1 cm³/mol. The van der Waals surface area contributed by atoms with Crippen LogP contribution in [0.25, 0.3) is 0 Å². The topological polar surface area (TPSA) is 43.4 Å². The minimum absolute atomic E-state index is 0.0823. The molecule has 0 aromatic heterocycles. The van der Waals surface area contributed by atoms with Gasteiger partial charge in [-0.2, -0.15) is 0 Å². The van der Waals surface area contributed by atoms with Crippen LogP contribution < -0.4 is 0 Å². The lowest BCUT2D eigenvalue weighted by Gasteiger charge is -2.02. The molecule has 3 heteroatoms. The van der Waals surface area contributed by atoms with E-state index in [4.69, 9.17) is 4.74 Å². The summed E-state index contributed by atoms with van der Waals surface area (Å²) in [5, 5.41) is 0. The lowest BCUT2D eigenvalue weighted by atomic mass is 10.0. The van der Waals surface area contributed by atoms with Crippen molar-refractivity contribution >= 4 is 12.3 Å². The Balaban J connectivity index is 2.13. The highest BCUT2D eigenvalue weighted by molar-refractivity contribution is 5.80. The van der Waals surface area contributed by atoms with Gasteiger partial charge in [-0.15, -0.1) is 0 Å². The van der Waals surface area contributed by atoms with E-state index in [1.807, 2.05) is 50.3 Å². The van der Waals surface area contributed by atoms with Crippen LogP contribution in [0, 0.1) is 17.3 Å². The molecule has 0 bridgehead atoms. The number of methoxy groups -OCH3 is 1. The normalized spacial score (nSPS) is 24.1. The zero-order valence-electron chi connectivity index (χ0n) is 12.1. The molecule has 0 saturated heterocycles. The lowest BCUT2D eigenvalue weighted by Crippen LogP contribution is -2.07. The van der Waals surface area contributed by atoms with E-state index in [1.54, 1.807) is 0 Å². The minimum Gasteiger partial charge on any atom is -0.469 e. The standard InChI is InChI=1S/C17H20O3/c1-17(2)14(15(17)16(19)20-3)10-13(11-18)9-12-7-5-4-6-8-12/h4-8,10-11,14-15H,9H2,1-3H3/b13-10+/t14-,15+/m1/s1. The fraction of sp³-hybridized carbons (Fsp3) is 0.412. The zero-order valence-corrected chi connectivity index (χ0v) is 12.1. The van der Waals surface area contributed by atoms with Crippen LogP contribution in [0.1, 0.15) is 19.4 Å². The van der Waals surface area contributed by atoms with Gasteiger partial charge >= 0.3 is 5.97 Å². The average Bonchev–Trinajstić information content (AvgIpc) is 2.99. The molecule has 1 aliphatic carbocycles. The molecular formula is C17H20O3. The zero-order chi connectivity index (χ0) is 14.8. The van der Waals surface area contributed by atoms with Gasteiger partial charge in [0.2, 0.25) is 0 Å². The van der Waals surface area contributed by atoms with Crippen LogP contribution in [0.3, 0.4) is 0 Å². The van der Waals surface area contributed by atoms with Gasteiger partial charge in [0.15, 0.2) is 0 Å². The number of hydrogen-bond acceptors (Lipinski definition) is 3. The molecular weight excluding hydrogens is 252 g/mol. The summed E-state index contributed by atoms with van der Waals surface area (Å²) in [7, 11) is 1.40. The smallest absolute Gasteiger partial charge is 0.309 e. The fourth-order valence-corrected chi connectivity index (χ4v) is 2.77. The van der Waals surface area contributed by atoms with E-state index in [9.17, 15) is 9.59 Å². The highest BCUT2D eigenvalue weighted by Crippen LogP contribution is 2.59. The van der Waals surface area contributed by atoms with Crippen molar-refractivity contribution in [2.75, 3.05) is 7.11 Å². The second kappa shape index (κ2) is 5.61. The van der Waals surface area contributed by atoms with Gasteiger partial charge in [-0.1, -0.05) is 50.3 Å². The SMILES string of the molecule is COC(=O)[C@@H]1[C@@H](/C=C(/C=O)Cc2ccccc2)C1(C)C. The number of aldehydes is 1. The Morgan fingerprint density at radius 3 is 2.50 bits per heavy atom. The maximum atomic E-state index is 11.7. The molecule has 0 aliphatic heterocycles. The average molecular weight is 272 g/mol. The van der Waals surface area contributed by atoms with E-state index in [0.717, 1.165) is 17.4 Å². The Kier molecular flexibility index (Phi) is 4.07. The summed E-state index contributed by atoms with van der Waals surface area (Å²) < 4.78 is 4.82. The molecule has 0 N–H and O–H groups in total. The van der Waals surface area contributed by atoms with E-state index in [0.29, 0.717) is 6.42 Å². The Hall–Kier alpha value is -1.90. The molecule has 3 nitrogen and oxygen atoms in total. The molecule has 0 heterocycles. The van der Waals surface area contributed by atoms with Crippen molar-refractivity contribution in [2.45, 2.75) is 20.3 Å². The Morgan fingerprint density at radius 1 is 1.30 bits per heavy atom. The van der Waals surface area contributed by atoms with Gasteiger partial charge in [0.1, 0.15) is 6.29 Å². The molecule has 1 aliphatic rings. The molecule has 0 spiro atoms. The van der Waals surface area contributed by atoms with Gasteiger partial charge in [0.05, 0.1) is 13.0 Å². The molecule has 20 heavy (non-hydrogen) atoms. The van der Waals surface area contributed by atoms with Crippen molar-refractivity contribution in [1.29, 1.82) is 0 Å². The maximum absolute atomic E-state index is 11.7. The third-order valence-electron chi connectivity index (χ3n) is 4.16. The van der Waals surface area contributed by atoms with Crippen LogP contribution in [-0.4, -0.2) is 19.4 Å².